The van der Waals surface area contributed by atoms with Crippen molar-refractivity contribution in [1.29, 1.82) is 0 Å². The van der Waals surface area contributed by atoms with Crippen LogP contribution in [0.2, 0.25) is 0 Å². The molecule has 8 nitrogen and oxygen atoms in total. The van der Waals surface area contributed by atoms with Gasteiger partial charge < -0.3 is 24.3 Å². The molecule has 0 aliphatic carbocycles. The van der Waals surface area contributed by atoms with E-state index in [-0.39, 0.29) is 16.6 Å². The molecule has 1 aliphatic heterocycles. The molecule has 1 aliphatic rings. The zero-order valence-electron chi connectivity index (χ0n) is 18.6. The zero-order chi connectivity index (χ0) is 24.5. The van der Waals surface area contributed by atoms with Crippen LogP contribution in [0, 0.1) is 6.92 Å². The highest BCUT2D eigenvalue weighted by atomic mass is 19.4. The van der Waals surface area contributed by atoms with Gasteiger partial charge in [-0.15, -0.1) is 0 Å². The molecule has 1 fully saturated rings. The molecule has 2 heterocycles. The van der Waals surface area contributed by atoms with Crippen molar-refractivity contribution in [2.45, 2.75) is 19.6 Å². The summed E-state index contributed by atoms with van der Waals surface area (Å²) in [6.07, 6.45) is -4.82. The smallest absolute Gasteiger partial charge is 0.449 e. The van der Waals surface area contributed by atoms with Crippen molar-refractivity contribution in [1.82, 2.24) is 14.5 Å². The molecule has 2 amide bonds. The van der Waals surface area contributed by atoms with Gasteiger partial charge in [0.25, 0.3) is 5.91 Å². The molecule has 2 aromatic carbocycles. The number of alkyl halides is 3. The molecule has 0 radical (unpaired) electrons. The Bertz CT molecular complexity index is 1230. The third-order valence-corrected chi connectivity index (χ3v) is 5.63. The van der Waals surface area contributed by atoms with E-state index in [1.807, 2.05) is 0 Å². The van der Waals surface area contributed by atoms with Gasteiger partial charge in [-0.25, -0.2) is 4.98 Å². The van der Waals surface area contributed by atoms with E-state index in [4.69, 9.17) is 9.47 Å². The maximum absolute atomic E-state index is 13.9. The Morgan fingerprint density at radius 3 is 2.53 bits per heavy atom. The number of ether oxygens (including phenoxy) is 2. The Hall–Kier alpha value is -3.60. The second kappa shape index (κ2) is 9.34. The van der Waals surface area contributed by atoms with Gasteiger partial charge in [-0.2, -0.15) is 13.2 Å². The number of carbonyl (C=O) groups excluding carboxylic acids is 2. The fourth-order valence-electron chi connectivity index (χ4n) is 3.91. The number of morpholine rings is 1. The summed E-state index contributed by atoms with van der Waals surface area (Å²) in [6.45, 7) is 2.48. The fraction of sp³-hybridized carbons (Fsp3) is 0.348. The van der Waals surface area contributed by atoms with Crippen molar-refractivity contribution in [2.24, 2.45) is 0 Å². The maximum atomic E-state index is 13.9. The summed E-state index contributed by atoms with van der Waals surface area (Å²) in [7, 11) is 1.45. The molecule has 3 aromatic rings. The van der Waals surface area contributed by atoms with Crippen LogP contribution in [0.5, 0.6) is 5.75 Å². The van der Waals surface area contributed by atoms with E-state index in [1.165, 1.54) is 30.2 Å². The van der Waals surface area contributed by atoms with Gasteiger partial charge in [0.15, 0.2) is 0 Å². The van der Waals surface area contributed by atoms with E-state index < -0.39 is 30.4 Å². The molecule has 1 saturated heterocycles. The number of nitrogens with zero attached hydrogens (tertiary/aromatic N) is 3. The zero-order valence-corrected chi connectivity index (χ0v) is 18.6. The molecule has 180 valence electrons. The van der Waals surface area contributed by atoms with Gasteiger partial charge in [0.1, 0.15) is 17.8 Å². The van der Waals surface area contributed by atoms with Crippen LogP contribution in [0.1, 0.15) is 21.7 Å². The Kier molecular flexibility index (Phi) is 6.47. The van der Waals surface area contributed by atoms with Crippen molar-refractivity contribution in [3.05, 3.63) is 53.3 Å². The number of hydrogen-bond acceptors (Lipinski definition) is 5. The highest BCUT2D eigenvalue weighted by Crippen LogP contribution is 2.34. The van der Waals surface area contributed by atoms with Crippen molar-refractivity contribution >= 4 is 28.5 Å². The molecular formula is C23H23F3N4O4. The van der Waals surface area contributed by atoms with E-state index >= 15 is 0 Å². The van der Waals surface area contributed by atoms with Gasteiger partial charge in [0, 0.05) is 13.1 Å². The standard InChI is InChI=1S/C23H23F3N4O4/c1-14-5-3-8-17(33-2)19(14)27-21(32)15-6-4-7-16-20(15)28-22(23(24,25)26)30(16)13-18(31)29-9-11-34-12-10-29/h3-8H,9-13H2,1-2H3,(H,27,32). The number of amides is 2. The average Bonchev–Trinajstić information content (AvgIpc) is 3.20. The minimum Gasteiger partial charge on any atom is -0.495 e. The molecule has 11 heteroatoms. The van der Waals surface area contributed by atoms with Crippen LogP contribution in [-0.4, -0.2) is 59.7 Å². The number of methoxy groups -OCH3 is 1. The Morgan fingerprint density at radius 2 is 1.85 bits per heavy atom. The van der Waals surface area contributed by atoms with E-state index in [0.717, 1.165) is 10.1 Å². The van der Waals surface area contributed by atoms with Gasteiger partial charge in [0.2, 0.25) is 11.7 Å². The van der Waals surface area contributed by atoms with Crippen molar-refractivity contribution in [3.63, 3.8) is 0 Å². The summed E-state index contributed by atoms with van der Waals surface area (Å²) in [4.78, 5) is 31.0. The van der Waals surface area contributed by atoms with Gasteiger partial charge in [0.05, 0.1) is 37.1 Å². The van der Waals surface area contributed by atoms with Gasteiger partial charge in [-0.05, 0) is 30.7 Å². The molecule has 34 heavy (non-hydrogen) atoms. The Morgan fingerprint density at radius 1 is 1.15 bits per heavy atom. The van der Waals surface area contributed by atoms with E-state index in [0.29, 0.717) is 37.7 Å². The number of para-hydroxylation sites is 2. The van der Waals surface area contributed by atoms with Crippen molar-refractivity contribution in [2.75, 3.05) is 38.7 Å². The largest absolute Gasteiger partial charge is 0.495 e. The van der Waals surface area contributed by atoms with Crippen molar-refractivity contribution < 1.29 is 32.2 Å². The first-order valence-electron chi connectivity index (χ1n) is 10.6. The Balaban J connectivity index is 1.74. The highest BCUT2D eigenvalue weighted by molar-refractivity contribution is 6.12. The summed E-state index contributed by atoms with van der Waals surface area (Å²) in [5, 5.41) is 2.71. The normalized spacial score (nSPS) is 14.3. The van der Waals surface area contributed by atoms with Crippen LogP contribution in [0.3, 0.4) is 0 Å². The third-order valence-electron chi connectivity index (χ3n) is 5.63. The molecule has 0 atom stereocenters. The topological polar surface area (TPSA) is 85.7 Å². The van der Waals surface area contributed by atoms with Crippen molar-refractivity contribution in [3.8, 4) is 5.75 Å². The molecule has 0 bridgehead atoms. The minimum absolute atomic E-state index is 0.0401. The SMILES string of the molecule is COc1cccc(C)c1NC(=O)c1cccc2c1nc(C(F)(F)F)n2CC(=O)N1CCOCC1. The maximum Gasteiger partial charge on any atom is 0.449 e. The number of halogens is 3. The summed E-state index contributed by atoms with van der Waals surface area (Å²) < 4.78 is 52.9. The predicted octanol–water partition coefficient (Wildman–Crippen LogP) is 3.48. The van der Waals surface area contributed by atoms with Crippen LogP contribution in [0.4, 0.5) is 18.9 Å². The number of nitrogens with one attached hydrogen (secondary N) is 1. The number of anilines is 1. The number of aromatic nitrogens is 2. The second-order valence-electron chi connectivity index (χ2n) is 7.79. The number of rotatable bonds is 5. The lowest BCUT2D eigenvalue weighted by molar-refractivity contribution is -0.148. The van der Waals surface area contributed by atoms with Crippen LogP contribution in [0.25, 0.3) is 11.0 Å². The summed E-state index contributed by atoms with van der Waals surface area (Å²) in [6, 6.07) is 9.46. The highest BCUT2D eigenvalue weighted by Gasteiger charge is 2.39. The molecular weight excluding hydrogens is 453 g/mol. The third kappa shape index (κ3) is 4.56. The van der Waals surface area contributed by atoms with E-state index in [9.17, 15) is 22.8 Å². The molecule has 0 unspecified atom stereocenters. The quantitative estimate of drug-likeness (QED) is 0.610. The lowest BCUT2D eigenvalue weighted by Gasteiger charge is -2.27. The first-order chi connectivity index (χ1) is 16.2. The lowest BCUT2D eigenvalue weighted by atomic mass is 10.1. The number of aryl methyl sites for hydroxylation is 1. The first kappa shape index (κ1) is 23.6. The summed E-state index contributed by atoms with van der Waals surface area (Å²) in [5.74, 6) is -1.94. The summed E-state index contributed by atoms with van der Waals surface area (Å²) in [5.41, 5.74) is 0.973. The molecule has 4 rings (SSSR count). The molecule has 0 saturated carbocycles. The number of benzene rings is 2. The number of imidazole rings is 1. The molecule has 1 N–H and O–H groups in total. The fourth-order valence-corrected chi connectivity index (χ4v) is 3.91. The minimum atomic E-state index is -4.82. The second-order valence-corrected chi connectivity index (χ2v) is 7.79. The van der Waals surface area contributed by atoms with E-state index in [2.05, 4.69) is 10.3 Å². The van der Waals surface area contributed by atoms with Crippen LogP contribution >= 0.6 is 0 Å². The van der Waals surface area contributed by atoms with Crippen LogP contribution < -0.4 is 10.1 Å². The first-order valence-corrected chi connectivity index (χ1v) is 10.6. The predicted molar refractivity (Wildman–Crippen MR) is 118 cm³/mol. The lowest BCUT2D eigenvalue weighted by Crippen LogP contribution is -2.42. The van der Waals surface area contributed by atoms with Gasteiger partial charge in [-0.1, -0.05) is 18.2 Å². The average molecular weight is 476 g/mol. The van der Waals surface area contributed by atoms with Gasteiger partial charge >= 0.3 is 6.18 Å². The van der Waals surface area contributed by atoms with Crippen LogP contribution in [-0.2, 0) is 22.3 Å². The summed E-state index contributed by atoms with van der Waals surface area (Å²) >= 11 is 0. The Labute approximate surface area is 193 Å². The van der Waals surface area contributed by atoms with E-state index in [1.54, 1.807) is 25.1 Å². The monoisotopic (exact) mass is 476 g/mol. The van der Waals surface area contributed by atoms with Gasteiger partial charge in [-0.3, -0.25) is 9.59 Å². The van der Waals surface area contributed by atoms with Crippen LogP contribution in [0.15, 0.2) is 36.4 Å². The molecule has 1 aromatic heterocycles. The number of carbonyl (C=O) groups is 2. The number of fused-ring (bicyclic) bond motifs is 1. The number of hydrogen-bond donors (Lipinski definition) is 1. The molecule has 0 spiro atoms.